The predicted octanol–water partition coefficient (Wildman–Crippen LogP) is 0.0484. The van der Waals surface area contributed by atoms with Crippen LogP contribution in [-0.4, -0.2) is 58.1 Å². The van der Waals surface area contributed by atoms with Gasteiger partial charge in [0.15, 0.2) is 0 Å². The van der Waals surface area contributed by atoms with Gasteiger partial charge in [-0.15, -0.1) is 0 Å². The fraction of sp³-hybridized carbons (Fsp3) is 1.00. The molecule has 0 bridgehead atoms. The molecule has 0 aliphatic rings. The molecule has 17 heavy (non-hydrogen) atoms. The smallest absolute Gasteiger partial charge is 0.0902 e. The van der Waals surface area contributed by atoms with Crippen LogP contribution in [0.5, 0.6) is 0 Å². The van der Waals surface area contributed by atoms with Crippen molar-refractivity contribution in [2.24, 2.45) is 0 Å². The van der Waals surface area contributed by atoms with Crippen molar-refractivity contribution in [3.63, 3.8) is 0 Å². The molecule has 0 amide bonds. The third kappa shape index (κ3) is 7.68. The van der Waals surface area contributed by atoms with Crippen molar-refractivity contribution in [3.05, 3.63) is 0 Å². The molecule has 4 N–H and O–H groups in total. The highest BCUT2D eigenvalue weighted by atomic mass is 16.5. The summed E-state index contributed by atoms with van der Waals surface area (Å²) in [5, 5.41) is 37.5. The monoisotopic (exact) mass is 250 g/mol. The van der Waals surface area contributed by atoms with Gasteiger partial charge in [0.1, 0.15) is 0 Å². The Balaban J connectivity index is 4.19. The number of rotatable bonds is 10. The number of ether oxygens (including phenoxy) is 1. The second kappa shape index (κ2) is 8.83. The van der Waals surface area contributed by atoms with Gasteiger partial charge < -0.3 is 25.2 Å². The zero-order valence-electron chi connectivity index (χ0n) is 10.8. The molecule has 0 saturated carbocycles. The van der Waals surface area contributed by atoms with Crippen LogP contribution in [0.4, 0.5) is 0 Å². The topological polar surface area (TPSA) is 90.2 Å². The molecule has 0 saturated heterocycles. The molecule has 0 aromatic carbocycles. The summed E-state index contributed by atoms with van der Waals surface area (Å²) in [6.45, 7) is 3.12. The van der Waals surface area contributed by atoms with Crippen LogP contribution in [0.15, 0.2) is 0 Å². The van der Waals surface area contributed by atoms with Crippen LogP contribution < -0.4 is 0 Å². The number of unbranched alkanes of at least 4 members (excludes halogenated alkanes) is 1. The molecule has 0 aliphatic carbocycles. The molecule has 3 unspecified atom stereocenters. The lowest BCUT2D eigenvalue weighted by Crippen LogP contribution is -2.40. The molecule has 104 valence electrons. The number of hydrogen-bond acceptors (Lipinski definition) is 5. The number of hydrogen-bond donors (Lipinski definition) is 4. The molecule has 0 rings (SSSR count). The molecule has 0 heterocycles. The highest BCUT2D eigenvalue weighted by Gasteiger charge is 2.29. The Hall–Kier alpha value is -0.200. The minimum Gasteiger partial charge on any atom is -0.394 e. The van der Waals surface area contributed by atoms with Crippen LogP contribution in [0.1, 0.15) is 39.5 Å². The lowest BCUT2D eigenvalue weighted by molar-refractivity contribution is -0.0954. The van der Waals surface area contributed by atoms with Crippen LogP contribution >= 0.6 is 0 Å². The Morgan fingerprint density at radius 1 is 1.29 bits per heavy atom. The van der Waals surface area contributed by atoms with Gasteiger partial charge in [-0.3, -0.25) is 0 Å². The van der Waals surface area contributed by atoms with Gasteiger partial charge in [0, 0.05) is 6.42 Å². The largest absolute Gasteiger partial charge is 0.394 e. The summed E-state index contributed by atoms with van der Waals surface area (Å²) < 4.78 is 5.26. The van der Waals surface area contributed by atoms with Gasteiger partial charge in [0.2, 0.25) is 0 Å². The highest BCUT2D eigenvalue weighted by molar-refractivity contribution is 4.81. The van der Waals surface area contributed by atoms with E-state index in [-0.39, 0.29) is 26.2 Å². The lowest BCUT2D eigenvalue weighted by Gasteiger charge is -2.30. The lowest BCUT2D eigenvalue weighted by atomic mass is 9.91. The summed E-state index contributed by atoms with van der Waals surface area (Å²) in [7, 11) is 0. The second-order valence-electron chi connectivity index (χ2n) is 4.68. The van der Waals surface area contributed by atoms with Crippen LogP contribution in [-0.2, 0) is 4.74 Å². The maximum Gasteiger partial charge on any atom is 0.0902 e. The molecule has 0 aliphatic heterocycles. The Bertz CT molecular complexity index is 186. The van der Waals surface area contributed by atoms with Gasteiger partial charge in [0.25, 0.3) is 0 Å². The highest BCUT2D eigenvalue weighted by Crippen LogP contribution is 2.21. The van der Waals surface area contributed by atoms with Gasteiger partial charge in [-0.05, 0) is 13.3 Å². The maximum absolute atomic E-state index is 10.1. The summed E-state index contributed by atoms with van der Waals surface area (Å²) in [6, 6.07) is 0. The molecule has 0 spiro atoms. The van der Waals surface area contributed by atoms with E-state index < -0.39 is 17.8 Å². The zero-order valence-corrected chi connectivity index (χ0v) is 10.8. The molecular formula is C12H26O5. The van der Waals surface area contributed by atoms with Crippen LogP contribution in [0.25, 0.3) is 0 Å². The Morgan fingerprint density at radius 3 is 2.35 bits per heavy atom. The van der Waals surface area contributed by atoms with E-state index in [2.05, 4.69) is 0 Å². The summed E-state index contributed by atoms with van der Waals surface area (Å²) >= 11 is 0. The normalized spacial score (nSPS) is 18.7. The quantitative estimate of drug-likeness (QED) is 0.440. The van der Waals surface area contributed by atoms with E-state index in [1.165, 1.54) is 0 Å². The summed E-state index contributed by atoms with van der Waals surface area (Å²) in [5.74, 6) is 0. The van der Waals surface area contributed by atoms with Crippen molar-refractivity contribution in [2.75, 3.05) is 19.8 Å². The second-order valence-corrected chi connectivity index (χ2v) is 4.68. The zero-order chi connectivity index (χ0) is 13.3. The minimum atomic E-state index is -1.21. The molecule has 0 aromatic heterocycles. The number of aliphatic hydroxyl groups excluding tert-OH is 3. The van der Waals surface area contributed by atoms with E-state index in [1.54, 1.807) is 6.92 Å². The van der Waals surface area contributed by atoms with E-state index in [9.17, 15) is 10.2 Å². The van der Waals surface area contributed by atoms with Gasteiger partial charge in [-0.1, -0.05) is 19.8 Å². The summed E-state index contributed by atoms with van der Waals surface area (Å²) in [6.07, 6.45) is 1.23. The van der Waals surface area contributed by atoms with Gasteiger partial charge in [0.05, 0.1) is 37.6 Å². The van der Waals surface area contributed by atoms with Crippen molar-refractivity contribution in [1.82, 2.24) is 0 Å². The first-order chi connectivity index (χ1) is 7.97. The van der Waals surface area contributed by atoms with Crippen molar-refractivity contribution in [3.8, 4) is 0 Å². The van der Waals surface area contributed by atoms with E-state index in [0.29, 0.717) is 6.42 Å². The molecular weight excluding hydrogens is 224 g/mol. The van der Waals surface area contributed by atoms with Crippen molar-refractivity contribution < 1.29 is 25.2 Å². The molecule has 5 nitrogen and oxygen atoms in total. The summed E-state index contributed by atoms with van der Waals surface area (Å²) in [4.78, 5) is 0. The molecule has 0 aromatic rings. The van der Waals surface area contributed by atoms with E-state index in [1.807, 2.05) is 6.92 Å². The standard InChI is InChI=1S/C12H26O5/c1-3-4-5-12(16,9-14)6-11(7-13)17-8-10(2)15/h10-11,13-16H,3-9H2,1-2H3. The average Bonchev–Trinajstić information content (AvgIpc) is 2.31. The molecule has 5 heteroatoms. The van der Waals surface area contributed by atoms with Gasteiger partial charge in [-0.25, -0.2) is 0 Å². The van der Waals surface area contributed by atoms with Crippen LogP contribution in [0, 0.1) is 0 Å². The van der Waals surface area contributed by atoms with Crippen LogP contribution in [0.3, 0.4) is 0 Å². The first-order valence-electron chi connectivity index (χ1n) is 6.21. The Kier molecular flexibility index (Phi) is 8.72. The van der Waals surface area contributed by atoms with Crippen molar-refractivity contribution in [1.29, 1.82) is 0 Å². The van der Waals surface area contributed by atoms with Gasteiger partial charge in [-0.2, -0.15) is 0 Å². The fourth-order valence-corrected chi connectivity index (χ4v) is 1.63. The number of aliphatic hydroxyl groups is 4. The van der Waals surface area contributed by atoms with Crippen LogP contribution in [0.2, 0.25) is 0 Å². The van der Waals surface area contributed by atoms with E-state index in [0.717, 1.165) is 12.8 Å². The van der Waals surface area contributed by atoms with E-state index >= 15 is 0 Å². The Morgan fingerprint density at radius 2 is 1.94 bits per heavy atom. The molecule has 0 radical (unpaired) electrons. The maximum atomic E-state index is 10.1. The molecule has 0 fully saturated rings. The summed E-state index contributed by atoms with van der Waals surface area (Å²) in [5.41, 5.74) is -1.21. The third-order valence-corrected chi connectivity index (χ3v) is 2.67. The predicted molar refractivity (Wildman–Crippen MR) is 64.7 cm³/mol. The SMILES string of the molecule is CCCCC(O)(CO)CC(CO)OCC(C)O. The van der Waals surface area contributed by atoms with Gasteiger partial charge >= 0.3 is 0 Å². The minimum absolute atomic E-state index is 0.112. The fourth-order valence-electron chi connectivity index (χ4n) is 1.63. The average molecular weight is 250 g/mol. The van der Waals surface area contributed by atoms with E-state index in [4.69, 9.17) is 14.9 Å². The Labute approximate surface area is 103 Å². The third-order valence-electron chi connectivity index (χ3n) is 2.67. The molecule has 3 atom stereocenters. The first-order valence-corrected chi connectivity index (χ1v) is 6.21. The van der Waals surface area contributed by atoms with Crippen molar-refractivity contribution >= 4 is 0 Å². The first kappa shape index (κ1) is 16.8. The van der Waals surface area contributed by atoms with Crippen molar-refractivity contribution in [2.45, 2.75) is 57.3 Å².